The molecule has 1 aromatic rings. The van der Waals surface area contributed by atoms with Crippen molar-refractivity contribution in [3.63, 3.8) is 0 Å². The van der Waals surface area contributed by atoms with Crippen LogP contribution in [0.5, 0.6) is 0 Å². The number of hydrogen-bond acceptors (Lipinski definition) is 2. The lowest BCUT2D eigenvalue weighted by Crippen LogP contribution is -2.40. The number of carbonyl (C=O) groups excluding carboxylic acids is 2. The largest absolute Gasteiger partial charge is 0.335 e. The normalized spacial score (nSPS) is 13.8. The second-order valence-corrected chi connectivity index (χ2v) is 5.06. The van der Waals surface area contributed by atoms with Crippen molar-refractivity contribution in [1.82, 2.24) is 10.6 Å². The quantitative estimate of drug-likeness (QED) is 0.799. The summed E-state index contributed by atoms with van der Waals surface area (Å²) in [4.78, 5) is 23.0. The smallest absolute Gasteiger partial charge is 0.315 e. The Morgan fingerprint density at radius 3 is 2.42 bits per heavy atom. The number of carbonyl (C=O) groups is 2. The maximum absolute atomic E-state index is 11.7. The summed E-state index contributed by atoms with van der Waals surface area (Å²) in [5.41, 5.74) is 0.347. The fourth-order valence-electron chi connectivity index (χ4n) is 1.43. The predicted molar refractivity (Wildman–Crippen MR) is 74.6 cm³/mol. The van der Waals surface area contributed by atoms with Crippen LogP contribution < -0.4 is 16.0 Å². The van der Waals surface area contributed by atoms with Gasteiger partial charge in [-0.3, -0.25) is 4.79 Å². The summed E-state index contributed by atoms with van der Waals surface area (Å²) in [7, 11) is 0. The monoisotopic (exact) mass is 301 g/mol. The van der Waals surface area contributed by atoms with Gasteiger partial charge < -0.3 is 16.0 Å². The van der Waals surface area contributed by atoms with Crippen LogP contribution in [0.2, 0.25) is 10.0 Å². The summed E-state index contributed by atoms with van der Waals surface area (Å²) >= 11 is 11.8. The van der Waals surface area contributed by atoms with E-state index in [2.05, 4.69) is 16.0 Å². The SMILES string of the molecule is O=C(CNC(=O)NC1CC1)Nc1c(Cl)cccc1Cl. The molecule has 3 N–H and O–H groups in total. The topological polar surface area (TPSA) is 70.2 Å². The first-order valence-electron chi connectivity index (χ1n) is 5.84. The third-order valence-corrected chi connectivity index (χ3v) is 3.18. The summed E-state index contributed by atoms with van der Waals surface area (Å²) in [5, 5.41) is 8.44. The summed E-state index contributed by atoms with van der Waals surface area (Å²) < 4.78 is 0. The first kappa shape index (κ1) is 14.0. The number of para-hydroxylation sites is 1. The fraction of sp³-hybridized carbons (Fsp3) is 0.333. The molecule has 19 heavy (non-hydrogen) atoms. The van der Waals surface area contributed by atoms with Crippen LogP contribution in [0.3, 0.4) is 0 Å². The fourth-order valence-corrected chi connectivity index (χ4v) is 1.92. The minimum Gasteiger partial charge on any atom is -0.335 e. The zero-order valence-corrected chi connectivity index (χ0v) is 11.5. The molecule has 0 bridgehead atoms. The average Bonchev–Trinajstić information content (AvgIpc) is 3.15. The van der Waals surface area contributed by atoms with Crippen molar-refractivity contribution >= 4 is 40.8 Å². The molecule has 1 fully saturated rings. The van der Waals surface area contributed by atoms with E-state index in [1.54, 1.807) is 18.2 Å². The van der Waals surface area contributed by atoms with E-state index in [0.29, 0.717) is 15.7 Å². The number of urea groups is 1. The number of anilines is 1. The Balaban J connectivity index is 1.81. The van der Waals surface area contributed by atoms with Gasteiger partial charge in [-0.1, -0.05) is 29.3 Å². The molecule has 5 nitrogen and oxygen atoms in total. The van der Waals surface area contributed by atoms with E-state index in [1.165, 1.54) is 0 Å². The average molecular weight is 302 g/mol. The molecule has 1 aliphatic rings. The van der Waals surface area contributed by atoms with E-state index >= 15 is 0 Å². The van der Waals surface area contributed by atoms with Gasteiger partial charge in [-0.2, -0.15) is 0 Å². The summed E-state index contributed by atoms with van der Waals surface area (Å²) in [6.07, 6.45) is 1.99. The highest BCUT2D eigenvalue weighted by atomic mass is 35.5. The molecule has 0 saturated heterocycles. The third-order valence-electron chi connectivity index (χ3n) is 2.55. The molecule has 0 radical (unpaired) electrons. The van der Waals surface area contributed by atoms with Crippen molar-refractivity contribution in [3.05, 3.63) is 28.2 Å². The van der Waals surface area contributed by atoms with Crippen LogP contribution in [0, 0.1) is 0 Å². The molecule has 2 rings (SSSR count). The van der Waals surface area contributed by atoms with Crippen LogP contribution in [0.4, 0.5) is 10.5 Å². The van der Waals surface area contributed by atoms with Gasteiger partial charge in [-0.15, -0.1) is 0 Å². The van der Waals surface area contributed by atoms with Gasteiger partial charge in [-0.05, 0) is 25.0 Å². The highest BCUT2D eigenvalue weighted by Gasteiger charge is 2.23. The number of rotatable bonds is 4. The van der Waals surface area contributed by atoms with E-state index in [0.717, 1.165) is 12.8 Å². The maximum Gasteiger partial charge on any atom is 0.315 e. The van der Waals surface area contributed by atoms with Crippen LogP contribution in [0.15, 0.2) is 18.2 Å². The third kappa shape index (κ3) is 4.29. The Morgan fingerprint density at radius 1 is 1.21 bits per heavy atom. The molecule has 0 aliphatic heterocycles. The lowest BCUT2D eigenvalue weighted by Gasteiger charge is -2.10. The standard InChI is InChI=1S/C12H13Cl2N3O2/c13-8-2-1-3-9(14)11(8)17-10(18)6-15-12(19)16-7-4-5-7/h1-3,7H,4-6H2,(H,17,18)(H2,15,16,19). The second-order valence-electron chi connectivity index (χ2n) is 4.25. The van der Waals surface area contributed by atoms with Gasteiger partial charge in [0.15, 0.2) is 0 Å². The van der Waals surface area contributed by atoms with Crippen molar-refractivity contribution in [2.45, 2.75) is 18.9 Å². The highest BCUT2D eigenvalue weighted by molar-refractivity contribution is 6.39. The number of nitrogens with one attached hydrogen (secondary N) is 3. The van der Waals surface area contributed by atoms with Gasteiger partial charge in [0.05, 0.1) is 22.3 Å². The Morgan fingerprint density at radius 2 is 1.84 bits per heavy atom. The van der Waals surface area contributed by atoms with Gasteiger partial charge in [0.2, 0.25) is 5.91 Å². The minimum atomic E-state index is -0.388. The van der Waals surface area contributed by atoms with E-state index in [4.69, 9.17) is 23.2 Å². The van der Waals surface area contributed by atoms with Crippen molar-refractivity contribution in [2.24, 2.45) is 0 Å². The Labute approximate surface area is 120 Å². The molecule has 1 aliphatic carbocycles. The molecule has 1 saturated carbocycles. The van der Waals surface area contributed by atoms with Crippen molar-refractivity contribution in [1.29, 1.82) is 0 Å². The van der Waals surface area contributed by atoms with E-state index in [1.807, 2.05) is 0 Å². The van der Waals surface area contributed by atoms with Crippen LogP contribution in [0.1, 0.15) is 12.8 Å². The molecule has 102 valence electrons. The molecule has 1 aromatic carbocycles. The summed E-state index contributed by atoms with van der Waals surface area (Å²) in [6, 6.07) is 4.83. The van der Waals surface area contributed by atoms with Crippen LogP contribution >= 0.6 is 23.2 Å². The van der Waals surface area contributed by atoms with Crippen LogP contribution in [0.25, 0.3) is 0 Å². The number of halogens is 2. The van der Waals surface area contributed by atoms with E-state index < -0.39 is 0 Å². The van der Waals surface area contributed by atoms with Crippen LogP contribution in [-0.4, -0.2) is 24.5 Å². The lowest BCUT2D eigenvalue weighted by molar-refractivity contribution is -0.115. The predicted octanol–water partition coefficient (Wildman–Crippen LogP) is 2.39. The molecular weight excluding hydrogens is 289 g/mol. The molecule has 0 unspecified atom stereocenters. The second kappa shape index (κ2) is 6.12. The molecular formula is C12H13Cl2N3O2. The lowest BCUT2D eigenvalue weighted by atomic mass is 10.3. The summed E-state index contributed by atoms with van der Waals surface area (Å²) in [6.45, 7) is -0.139. The number of hydrogen-bond donors (Lipinski definition) is 3. The zero-order valence-electron chi connectivity index (χ0n) is 10.0. The van der Waals surface area contributed by atoms with E-state index in [9.17, 15) is 9.59 Å². The molecule has 7 heteroatoms. The number of amides is 3. The molecule has 3 amide bonds. The highest BCUT2D eigenvalue weighted by Crippen LogP contribution is 2.29. The van der Waals surface area contributed by atoms with Crippen molar-refractivity contribution < 1.29 is 9.59 Å². The molecule has 0 aromatic heterocycles. The van der Waals surface area contributed by atoms with Gasteiger partial charge in [0.1, 0.15) is 0 Å². The first-order valence-corrected chi connectivity index (χ1v) is 6.60. The maximum atomic E-state index is 11.7. The first-order chi connectivity index (χ1) is 9.06. The molecule has 0 spiro atoms. The van der Waals surface area contributed by atoms with Gasteiger partial charge in [0, 0.05) is 6.04 Å². The molecule has 0 heterocycles. The Kier molecular flexibility index (Phi) is 4.50. The minimum absolute atomic E-state index is 0.139. The van der Waals surface area contributed by atoms with Gasteiger partial charge >= 0.3 is 6.03 Å². The Hall–Kier alpha value is -1.46. The van der Waals surface area contributed by atoms with Crippen LogP contribution in [-0.2, 0) is 4.79 Å². The van der Waals surface area contributed by atoms with Crippen molar-refractivity contribution in [3.8, 4) is 0 Å². The number of benzene rings is 1. The van der Waals surface area contributed by atoms with Crippen molar-refractivity contribution in [2.75, 3.05) is 11.9 Å². The van der Waals surface area contributed by atoms with Gasteiger partial charge in [-0.25, -0.2) is 4.79 Å². The van der Waals surface area contributed by atoms with Gasteiger partial charge in [0.25, 0.3) is 0 Å². The molecule has 0 atom stereocenters. The van der Waals surface area contributed by atoms with E-state index in [-0.39, 0.29) is 24.5 Å². The summed E-state index contributed by atoms with van der Waals surface area (Å²) in [5.74, 6) is -0.388. The Bertz CT molecular complexity index is 483. The zero-order chi connectivity index (χ0) is 13.8.